The summed E-state index contributed by atoms with van der Waals surface area (Å²) in [6.07, 6.45) is 11.8. The molecular formula is C41H54N2O5. The van der Waals surface area contributed by atoms with Gasteiger partial charge in [0.25, 0.3) is 0 Å². The van der Waals surface area contributed by atoms with E-state index in [1.807, 2.05) is 56.3 Å². The number of ether oxygens (including phenoxy) is 3. The SMILES string of the molecule is CCOC(=O)CCCCC(/C=C/c1ccccc1OCCCCCN1CCN(c2ccccc2)CC1)Cc1ccc(C(=O)OCC)cc1. The van der Waals surface area contributed by atoms with E-state index >= 15 is 0 Å². The van der Waals surface area contributed by atoms with Gasteiger partial charge in [-0.2, -0.15) is 0 Å². The van der Waals surface area contributed by atoms with Crippen LogP contribution in [0.15, 0.2) is 84.9 Å². The molecule has 0 radical (unpaired) electrons. The normalized spacial score (nSPS) is 14.2. The molecule has 0 N–H and O–H groups in total. The molecule has 48 heavy (non-hydrogen) atoms. The monoisotopic (exact) mass is 654 g/mol. The van der Waals surface area contributed by atoms with Crippen LogP contribution in [0.3, 0.4) is 0 Å². The third-order valence-electron chi connectivity index (χ3n) is 8.81. The molecule has 3 aromatic carbocycles. The Kier molecular flexibility index (Phi) is 16.1. The van der Waals surface area contributed by atoms with E-state index in [9.17, 15) is 9.59 Å². The lowest BCUT2D eigenvalue weighted by atomic mass is 9.92. The molecule has 0 amide bonds. The van der Waals surface area contributed by atoms with Crippen molar-refractivity contribution in [2.24, 2.45) is 5.92 Å². The molecule has 1 aliphatic rings. The fourth-order valence-corrected chi connectivity index (χ4v) is 6.12. The van der Waals surface area contributed by atoms with Crippen LogP contribution in [0.4, 0.5) is 5.69 Å². The standard InChI is InChI=1S/C41H54N2O5/c1-3-46-40(44)20-12-9-15-34(33-35-22-25-37(26-23-35)41(45)47-4-2)21-24-36-16-10-11-19-39(36)48-32-14-6-13-27-42-28-30-43(31-29-42)38-17-7-5-8-18-38/h5,7-8,10-11,16-19,21-26,34H,3-4,6,9,12-15,20,27-33H2,1-2H3/b24-21+. The van der Waals surface area contributed by atoms with E-state index < -0.39 is 0 Å². The molecule has 3 aromatic rings. The Morgan fingerprint density at radius 2 is 1.50 bits per heavy atom. The Balaban J connectivity index is 1.24. The average molecular weight is 655 g/mol. The summed E-state index contributed by atoms with van der Waals surface area (Å²) in [5.41, 5.74) is 4.12. The van der Waals surface area contributed by atoms with Crippen molar-refractivity contribution in [3.05, 3.63) is 102 Å². The Hall–Kier alpha value is -4.10. The summed E-state index contributed by atoms with van der Waals surface area (Å²) in [7, 11) is 0. The van der Waals surface area contributed by atoms with Gasteiger partial charge in [0.05, 0.1) is 25.4 Å². The largest absolute Gasteiger partial charge is 0.493 e. The van der Waals surface area contributed by atoms with E-state index in [0.29, 0.717) is 31.8 Å². The summed E-state index contributed by atoms with van der Waals surface area (Å²) in [5, 5.41) is 0. The van der Waals surface area contributed by atoms with Gasteiger partial charge >= 0.3 is 11.9 Å². The maximum atomic E-state index is 12.1. The topological polar surface area (TPSA) is 68.3 Å². The number of hydrogen-bond acceptors (Lipinski definition) is 7. The van der Waals surface area contributed by atoms with Crippen LogP contribution in [0, 0.1) is 5.92 Å². The van der Waals surface area contributed by atoms with Gasteiger partial charge < -0.3 is 19.1 Å². The average Bonchev–Trinajstić information content (AvgIpc) is 3.12. The number of nitrogens with zero attached hydrogens (tertiary/aromatic N) is 2. The van der Waals surface area contributed by atoms with Gasteiger partial charge in [-0.05, 0) is 101 Å². The van der Waals surface area contributed by atoms with Crippen molar-refractivity contribution in [2.75, 3.05) is 57.4 Å². The zero-order valence-electron chi connectivity index (χ0n) is 29.0. The molecule has 0 aromatic heterocycles. The van der Waals surface area contributed by atoms with E-state index in [-0.39, 0.29) is 17.9 Å². The smallest absolute Gasteiger partial charge is 0.338 e. The van der Waals surface area contributed by atoms with E-state index in [2.05, 4.69) is 58.4 Å². The second-order valence-electron chi connectivity index (χ2n) is 12.4. The number of para-hydroxylation sites is 2. The number of piperazine rings is 1. The Morgan fingerprint density at radius 3 is 2.25 bits per heavy atom. The van der Waals surface area contributed by atoms with Gasteiger partial charge in [0.2, 0.25) is 0 Å². The van der Waals surface area contributed by atoms with Crippen molar-refractivity contribution >= 4 is 23.7 Å². The van der Waals surface area contributed by atoms with Crippen molar-refractivity contribution in [3.63, 3.8) is 0 Å². The molecule has 258 valence electrons. The number of carbonyl (C=O) groups is 2. The number of allylic oxidation sites excluding steroid dienone is 1. The number of esters is 2. The van der Waals surface area contributed by atoms with Gasteiger partial charge in [0, 0.05) is 43.9 Å². The second-order valence-corrected chi connectivity index (χ2v) is 12.4. The van der Waals surface area contributed by atoms with Crippen LogP contribution < -0.4 is 9.64 Å². The highest BCUT2D eigenvalue weighted by atomic mass is 16.5. The van der Waals surface area contributed by atoms with Gasteiger partial charge in [0.1, 0.15) is 5.75 Å². The van der Waals surface area contributed by atoms with Gasteiger partial charge in [0.15, 0.2) is 0 Å². The number of benzene rings is 3. The van der Waals surface area contributed by atoms with Crippen LogP contribution in [-0.4, -0.2) is 69.4 Å². The highest BCUT2D eigenvalue weighted by Gasteiger charge is 2.16. The van der Waals surface area contributed by atoms with E-state index in [1.165, 1.54) is 12.1 Å². The molecular weight excluding hydrogens is 600 g/mol. The first kappa shape index (κ1) is 36.7. The summed E-state index contributed by atoms with van der Waals surface area (Å²) in [6, 6.07) is 26.6. The number of carbonyl (C=O) groups excluding carboxylic acids is 2. The van der Waals surface area contributed by atoms with Gasteiger partial charge in [-0.25, -0.2) is 4.79 Å². The summed E-state index contributed by atoms with van der Waals surface area (Å²) >= 11 is 0. The molecule has 0 spiro atoms. The summed E-state index contributed by atoms with van der Waals surface area (Å²) in [4.78, 5) is 29.0. The predicted molar refractivity (Wildman–Crippen MR) is 195 cm³/mol. The zero-order chi connectivity index (χ0) is 33.8. The minimum absolute atomic E-state index is 0.133. The molecule has 7 nitrogen and oxygen atoms in total. The molecule has 1 unspecified atom stereocenters. The van der Waals surface area contributed by atoms with E-state index in [1.54, 1.807) is 0 Å². The van der Waals surface area contributed by atoms with E-state index in [0.717, 1.165) is 88.1 Å². The van der Waals surface area contributed by atoms with Gasteiger partial charge in [-0.3, -0.25) is 9.69 Å². The minimum Gasteiger partial charge on any atom is -0.493 e. The molecule has 0 bridgehead atoms. The number of rotatable bonds is 20. The predicted octanol–water partition coefficient (Wildman–Crippen LogP) is 8.23. The first-order chi connectivity index (χ1) is 23.6. The summed E-state index contributed by atoms with van der Waals surface area (Å²) in [6.45, 7) is 10.7. The van der Waals surface area contributed by atoms with Crippen molar-refractivity contribution < 1.29 is 23.8 Å². The minimum atomic E-state index is -0.298. The van der Waals surface area contributed by atoms with Crippen LogP contribution >= 0.6 is 0 Å². The number of unbranched alkanes of at least 4 members (excludes halogenated alkanes) is 3. The Morgan fingerprint density at radius 1 is 0.771 bits per heavy atom. The van der Waals surface area contributed by atoms with Gasteiger partial charge in [-0.1, -0.05) is 67.1 Å². The van der Waals surface area contributed by atoms with Crippen LogP contribution in [-0.2, 0) is 20.7 Å². The molecule has 1 saturated heterocycles. The van der Waals surface area contributed by atoms with Crippen LogP contribution in [0.2, 0.25) is 0 Å². The fourth-order valence-electron chi connectivity index (χ4n) is 6.12. The molecule has 7 heteroatoms. The van der Waals surface area contributed by atoms with Crippen molar-refractivity contribution in [1.29, 1.82) is 0 Å². The van der Waals surface area contributed by atoms with Crippen molar-refractivity contribution in [1.82, 2.24) is 4.90 Å². The van der Waals surface area contributed by atoms with Crippen LogP contribution in [0.1, 0.15) is 80.3 Å². The quantitative estimate of drug-likeness (QED) is 0.0898. The lowest BCUT2D eigenvalue weighted by Crippen LogP contribution is -2.46. The Bertz CT molecular complexity index is 1380. The maximum absolute atomic E-state index is 12.1. The number of hydrogen-bond donors (Lipinski definition) is 0. The summed E-state index contributed by atoms with van der Waals surface area (Å²) in [5.74, 6) is 0.745. The third-order valence-corrected chi connectivity index (χ3v) is 8.81. The highest BCUT2D eigenvalue weighted by Crippen LogP contribution is 2.24. The maximum Gasteiger partial charge on any atom is 0.338 e. The molecule has 4 rings (SSSR count). The first-order valence-corrected chi connectivity index (χ1v) is 17.9. The molecule has 1 aliphatic heterocycles. The zero-order valence-corrected chi connectivity index (χ0v) is 29.0. The first-order valence-electron chi connectivity index (χ1n) is 17.9. The molecule has 1 atom stereocenters. The third kappa shape index (κ3) is 12.8. The van der Waals surface area contributed by atoms with Crippen molar-refractivity contribution in [2.45, 2.75) is 65.2 Å². The Labute approximate surface area is 287 Å². The van der Waals surface area contributed by atoms with Crippen LogP contribution in [0.5, 0.6) is 5.75 Å². The van der Waals surface area contributed by atoms with E-state index in [4.69, 9.17) is 14.2 Å². The highest BCUT2D eigenvalue weighted by molar-refractivity contribution is 5.89. The lowest BCUT2D eigenvalue weighted by Gasteiger charge is -2.36. The second kappa shape index (κ2) is 21.0. The molecule has 1 heterocycles. The molecule has 0 saturated carbocycles. The fraction of sp³-hybridized carbons (Fsp3) is 0.463. The van der Waals surface area contributed by atoms with Gasteiger partial charge in [-0.15, -0.1) is 0 Å². The van der Waals surface area contributed by atoms with Crippen LogP contribution in [0.25, 0.3) is 6.08 Å². The summed E-state index contributed by atoms with van der Waals surface area (Å²) < 4.78 is 16.5. The van der Waals surface area contributed by atoms with Crippen molar-refractivity contribution in [3.8, 4) is 5.75 Å². The number of anilines is 1. The lowest BCUT2D eigenvalue weighted by molar-refractivity contribution is -0.143. The molecule has 0 aliphatic carbocycles. The molecule has 1 fully saturated rings.